The lowest BCUT2D eigenvalue weighted by atomic mass is 10.1. The van der Waals surface area contributed by atoms with E-state index < -0.39 is 6.36 Å². The van der Waals surface area contributed by atoms with Gasteiger partial charge in [-0.05, 0) is 37.3 Å². The molecule has 4 rings (SSSR count). The number of benzene rings is 1. The first-order valence-corrected chi connectivity index (χ1v) is 8.47. The minimum Gasteiger partial charge on any atom is -0.406 e. The molecule has 1 N–H and O–H groups in total. The second-order valence-electron chi connectivity index (χ2n) is 6.11. The molecule has 4 aromatic rings. The Labute approximate surface area is 156 Å². The summed E-state index contributed by atoms with van der Waals surface area (Å²) in [6.45, 7) is 2.53. The fourth-order valence-corrected chi connectivity index (χ4v) is 3.19. The third-order valence-corrected chi connectivity index (χ3v) is 4.43. The number of hydrogen-bond donors (Lipinski definition) is 1. The van der Waals surface area contributed by atoms with Gasteiger partial charge in [0.05, 0.1) is 6.20 Å². The molecule has 0 atom stereocenters. The van der Waals surface area contributed by atoms with Crippen LogP contribution in [0.25, 0.3) is 27.7 Å². The summed E-state index contributed by atoms with van der Waals surface area (Å²) < 4.78 is 44.3. The van der Waals surface area contributed by atoms with Crippen molar-refractivity contribution in [1.29, 1.82) is 0 Å². The summed E-state index contributed by atoms with van der Waals surface area (Å²) >= 11 is 0. The molecular formula is C19H15F3N4O2. The van der Waals surface area contributed by atoms with Crippen molar-refractivity contribution in [3.63, 3.8) is 0 Å². The second-order valence-corrected chi connectivity index (χ2v) is 6.11. The number of halogens is 3. The highest BCUT2D eigenvalue weighted by Gasteiger charge is 2.31. The number of pyridine rings is 1. The van der Waals surface area contributed by atoms with Crippen molar-refractivity contribution in [2.45, 2.75) is 19.8 Å². The van der Waals surface area contributed by atoms with E-state index in [1.165, 1.54) is 28.8 Å². The lowest BCUT2D eigenvalue weighted by Gasteiger charge is -2.13. The predicted octanol–water partition coefficient (Wildman–Crippen LogP) is 4.10. The summed E-state index contributed by atoms with van der Waals surface area (Å²) in [4.78, 5) is 13.1. The van der Waals surface area contributed by atoms with Crippen molar-refractivity contribution >= 4 is 10.9 Å². The number of nitrogens with one attached hydrogen (secondary N) is 1. The number of rotatable bonds is 4. The monoisotopic (exact) mass is 388 g/mol. The van der Waals surface area contributed by atoms with E-state index in [2.05, 4.69) is 14.9 Å². The van der Waals surface area contributed by atoms with Gasteiger partial charge < -0.3 is 9.30 Å². The molecule has 0 aliphatic heterocycles. The van der Waals surface area contributed by atoms with Crippen LogP contribution in [-0.2, 0) is 6.54 Å². The van der Waals surface area contributed by atoms with Gasteiger partial charge in [0.15, 0.2) is 0 Å². The molecule has 3 heterocycles. The zero-order valence-electron chi connectivity index (χ0n) is 14.7. The minimum atomic E-state index is -4.77. The third-order valence-electron chi connectivity index (χ3n) is 4.43. The standard InChI is InChI=1S/C19H15F3N4O2/c1-2-25-8-7-15-16(12-9-23-24-10-12)11-26(18(27)17(15)25)13-3-5-14(6-4-13)28-19(20,21)22/h3-11H,2H2,1H3,(H,23,24). The lowest BCUT2D eigenvalue weighted by Crippen LogP contribution is -2.21. The van der Waals surface area contributed by atoms with E-state index in [0.717, 1.165) is 16.5 Å². The Morgan fingerprint density at radius 3 is 2.54 bits per heavy atom. The first-order chi connectivity index (χ1) is 13.4. The van der Waals surface area contributed by atoms with Crippen LogP contribution in [0.15, 0.2) is 59.9 Å². The van der Waals surface area contributed by atoms with E-state index in [1.54, 1.807) is 18.6 Å². The Balaban J connectivity index is 1.90. The van der Waals surface area contributed by atoms with Gasteiger partial charge in [0.1, 0.15) is 11.3 Å². The molecule has 0 unspecified atom stereocenters. The molecule has 0 saturated carbocycles. The Morgan fingerprint density at radius 1 is 1.18 bits per heavy atom. The molecule has 6 nitrogen and oxygen atoms in total. The van der Waals surface area contributed by atoms with Crippen LogP contribution in [0.1, 0.15) is 6.92 Å². The number of alkyl halides is 3. The maximum Gasteiger partial charge on any atom is 0.573 e. The number of hydrogen-bond acceptors (Lipinski definition) is 3. The summed E-state index contributed by atoms with van der Waals surface area (Å²) in [5.41, 5.74) is 2.25. The zero-order valence-corrected chi connectivity index (χ0v) is 14.7. The van der Waals surface area contributed by atoms with Crippen molar-refractivity contribution in [2.75, 3.05) is 0 Å². The average molecular weight is 388 g/mol. The first kappa shape index (κ1) is 17.9. The third kappa shape index (κ3) is 3.15. The molecule has 0 aliphatic carbocycles. The van der Waals surface area contributed by atoms with E-state index in [-0.39, 0.29) is 11.3 Å². The lowest BCUT2D eigenvalue weighted by molar-refractivity contribution is -0.274. The van der Waals surface area contributed by atoms with Gasteiger partial charge >= 0.3 is 6.36 Å². The molecule has 0 saturated heterocycles. The average Bonchev–Trinajstić information content (AvgIpc) is 3.31. The van der Waals surface area contributed by atoms with Crippen LogP contribution in [0.3, 0.4) is 0 Å². The van der Waals surface area contributed by atoms with Gasteiger partial charge in [-0.15, -0.1) is 13.2 Å². The molecule has 28 heavy (non-hydrogen) atoms. The fraction of sp³-hybridized carbons (Fsp3) is 0.158. The van der Waals surface area contributed by atoms with Gasteiger partial charge in [-0.1, -0.05) is 0 Å². The highest BCUT2D eigenvalue weighted by Crippen LogP contribution is 2.29. The number of nitrogens with zero attached hydrogens (tertiary/aromatic N) is 3. The molecule has 0 amide bonds. The maximum absolute atomic E-state index is 13.1. The predicted molar refractivity (Wildman–Crippen MR) is 97.5 cm³/mol. The highest BCUT2D eigenvalue weighted by atomic mass is 19.4. The SMILES string of the molecule is CCn1ccc2c(-c3cn[nH]c3)cn(-c3ccc(OC(F)(F)F)cc3)c(=O)c21. The molecular weight excluding hydrogens is 373 g/mol. The second kappa shape index (κ2) is 6.59. The number of aromatic amines is 1. The quantitative estimate of drug-likeness (QED) is 0.573. The summed E-state index contributed by atoms with van der Waals surface area (Å²) in [6, 6.07) is 7.04. The maximum atomic E-state index is 13.1. The van der Waals surface area contributed by atoms with Crippen LogP contribution >= 0.6 is 0 Å². The van der Waals surface area contributed by atoms with Crippen molar-refractivity contribution in [3.8, 4) is 22.6 Å². The van der Waals surface area contributed by atoms with E-state index in [9.17, 15) is 18.0 Å². The largest absolute Gasteiger partial charge is 0.573 e. The van der Waals surface area contributed by atoms with Crippen molar-refractivity contribution < 1.29 is 17.9 Å². The number of aromatic nitrogens is 4. The van der Waals surface area contributed by atoms with E-state index in [4.69, 9.17) is 0 Å². The number of H-pyrrole nitrogens is 1. The van der Waals surface area contributed by atoms with Crippen LogP contribution in [0.5, 0.6) is 5.75 Å². The number of ether oxygens (including phenoxy) is 1. The van der Waals surface area contributed by atoms with Gasteiger partial charge in [0.25, 0.3) is 5.56 Å². The number of aryl methyl sites for hydroxylation is 1. The van der Waals surface area contributed by atoms with E-state index in [1.807, 2.05) is 23.8 Å². The molecule has 0 fully saturated rings. The van der Waals surface area contributed by atoms with Crippen molar-refractivity contribution in [1.82, 2.24) is 19.3 Å². The van der Waals surface area contributed by atoms with Gasteiger partial charge in [-0.2, -0.15) is 5.10 Å². The van der Waals surface area contributed by atoms with Crippen LogP contribution in [0.2, 0.25) is 0 Å². The van der Waals surface area contributed by atoms with Gasteiger partial charge in [0.2, 0.25) is 0 Å². The summed E-state index contributed by atoms with van der Waals surface area (Å²) in [5.74, 6) is -0.350. The minimum absolute atomic E-state index is 0.265. The molecule has 0 radical (unpaired) electrons. The highest BCUT2D eigenvalue weighted by molar-refractivity contribution is 5.94. The number of fused-ring (bicyclic) bond motifs is 1. The van der Waals surface area contributed by atoms with Crippen molar-refractivity contribution in [3.05, 3.63) is 65.5 Å². The summed E-state index contributed by atoms with van der Waals surface area (Å²) in [5, 5.41) is 7.49. The van der Waals surface area contributed by atoms with E-state index >= 15 is 0 Å². The Kier molecular flexibility index (Phi) is 4.21. The summed E-state index contributed by atoms with van der Waals surface area (Å²) in [7, 11) is 0. The Hall–Kier alpha value is -3.49. The zero-order chi connectivity index (χ0) is 19.9. The Bertz CT molecular complexity index is 1170. The molecule has 1 aromatic carbocycles. The van der Waals surface area contributed by atoms with Crippen LogP contribution in [0, 0.1) is 0 Å². The van der Waals surface area contributed by atoms with E-state index in [0.29, 0.717) is 17.7 Å². The molecule has 0 bridgehead atoms. The smallest absolute Gasteiger partial charge is 0.406 e. The van der Waals surface area contributed by atoms with Crippen LogP contribution in [-0.4, -0.2) is 25.7 Å². The molecule has 9 heteroatoms. The first-order valence-electron chi connectivity index (χ1n) is 8.47. The van der Waals surface area contributed by atoms with Crippen LogP contribution in [0.4, 0.5) is 13.2 Å². The van der Waals surface area contributed by atoms with Crippen molar-refractivity contribution in [2.24, 2.45) is 0 Å². The van der Waals surface area contributed by atoms with Crippen LogP contribution < -0.4 is 10.3 Å². The van der Waals surface area contributed by atoms with Gasteiger partial charge in [-0.25, -0.2) is 0 Å². The Morgan fingerprint density at radius 2 is 1.93 bits per heavy atom. The topological polar surface area (TPSA) is 64.8 Å². The summed E-state index contributed by atoms with van der Waals surface area (Å²) in [6.07, 6.45) is 2.09. The molecule has 0 spiro atoms. The van der Waals surface area contributed by atoms with Gasteiger partial charge in [-0.3, -0.25) is 14.5 Å². The normalized spacial score (nSPS) is 11.9. The fourth-order valence-electron chi connectivity index (χ4n) is 3.19. The van der Waals surface area contributed by atoms with Gasteiger partial charge in [0, 0.05) is 47.3 Å². The molecule has 0 aliphatic rings. The molecule has 144 valence electrons. The molecule has 3 aromatic heterocycles.